The fourth-order valence-electron chi connectivity index (χ4n) is 1.03. The van der Waals surface area contributed by atoms with Crippen molar-refractivity contribution in [2.24, 2.45) is 0 Å². The molecule has 1 aromatic rings. The van der Waals surface area contributed by atoms with E-state index >= 15 is 0 Å². The van der Waals surface area contributed by atoms with Gasteiger partial charge in [0.15, 0.2) is 0 Å². The van der Waals surface area contributed by atoms with Crippen molar-refractivity contribution in [3.63, 3.8) is 0 Å². The molecular formula is C9H13BO3. The molecule has 1 aromatic carbocycles. The first-order valence-corrected chi connectivity index (χ1v) is 3.99. The van der Waals surface area contributed by atoms with E-state index in [1.807, 2.05) is 0 Å². The van der Waals surface area contributed by atoms with E-state index in [9.17, 15) is 0 Å². The van der Waals surface area contributed by atoms with Crippen LogP contribution in [0.1, 0.15) is 16.6 Å². The lowest BCUT2D eigenvalue weighted by atomic mass is 9.79. The van der Waals surface area contributed by atoms with Gasteiger partial charge in [-0.25, -0.2) is 0 Å². The van der Waals surface area contributed by atoms with E-state index in [1.54, 1.807) is 6.92 Å². The standard InChI is InChI=1S/C9H13BO3/c1-3-13-9-6-7(2)4-5-8(9)10(11)12/h4-6,11-12H,3H2,1-2H3/i2D3. The fourth-order valence-corrected chi connectivity index (χ4v) is 1.03. The van der Waals surface area contributed by atoms with E-state index in [0.29, 0.717) is 6.61 Å². The summed E-state index contributed by atoms with van der Waals surface area (Å²) in [5.41, 5.74) is 0.273. The number of ether oxygens (including phenoxy) is 1. The predicted molar refractivity (Wildman–Crippen MR) is 52.2 cm³/mol. The Morgan fingerprint density at radius 3 is 2.85 bits per heavy atom. The van der Waals surface area contributed by atoms with Gasteiger partial charge in [-0.2, -0.15) is 0 Å². The lowest BCUT2D eigenvalue weighted by Gasteiger charge is -2.09. The predicted octanol–water partition coefficient (Wildman–Crippen LogP) is 0.0735. The third kappa shape index (κ3) is 2.47. The van der Waals surface area contributed by atoms with Gasteiger partial charge in [-0.3, -0.25) is 0 Å². The molecule has 0 unspecified atom stereocenters. The molecule has 0 aromatic heterocycles. The van der Waals surface area contributed by atoms with Gasteiger partial charge in [-0.15, -0.1) is 0 Å². The highest BCUT2D eigenvalue weighted by molar-refractivity contribution is 6.59. The zero-order chi connectivity index (χ0) is 12.3. The summed E-state index contributed by atoms with van der Waals surface area (Å²) in [6.45, 7) is -0.176. The molecule has 0 aliphatic heterocycles. The molecule has 0 aliphatic carbocycles. The molecule has 0 radical (unpaired) electrons. The van der Waals surface area contributed by atoms with Crippen molar-refractivity contribution >= 4 is 12.6 Å². The molecule has 3 nitrogen and oxygen atoms in total. The van der Waals surface area contributed by atoms with Crippen molar-refractivity contribution in [2.75, 3.05) is 6.61 Å². The van der Waals surface area contributed by atoms with Gasteiger partial charge >= 0.3 is 7.12 Å². The molecule has 0 saturated heterocycles. The van der Waals surface area contributed by atoms with Gasteiger partial charge in [-0.1, -0.05) is 12.1 Å². The number of benzene rings is 1. The van der Waals surface area contributed by atoms with E-state index < -0.39 is 14.0 Å². The molecule has 0 heterocycles. The molecule has 70 valence electrons. The number of aryl methyl sites for hydroxylation is 1. The van der Waals surface area contributed by atoms with Crippen LogP contribution in [0.15, 0.2) is 18.2 Å². The van der Waals surface area contributed by atoms with Crippen LogP contribution in [0.2, 0.25) is 0 Å². The molecular weight excluding hydrogens is 167 g/mol. The van der Waals surface area contributed by atoms with Gasteiger partial charge in [0.2, 0.25) is 0 Å². The first-order chi connectivity index (χ1) is 7.36. The van der Waals surface area contributed by atoms with E-state index in [2.05, 4.69) is 0 Å². The van der Waals surface area contributed by atoms with Crippen molar-refractivity contribution in [3.8, 4) is 5.75 Å². The molecule has 0 amide bonds. The average Bonchev–Trinajstić information content (AvgIpc) is 2.16. The maximum Gasteiger partial charge on any atom is 0.492 e. The molecule has 0 fully saturated rings. The quantitative estimate of drug-likeness (QED) is 0.652. The van der Waals surface area contributed by atoms with Crippen LogP contribution in [0, 0.1) is 6.85 Å². The molecule has 0 atom stereocenters. The third-order valence-corrected chi connectivity index (χ3v) is 1.59. The van der Waals surface area contributed by atoms with Crippen molar-refractivity contribution in [2.45, 2.75) is 13.8 Å². The summed E-state index contributed by atoms with van der Waals surface area (Å²) in [7, 11) is -1.67. The van der Waals surface area contributed by atoms with Crippen molar-refractivity contribution in [3.05, 3.63) is 23.8 Å². The smallest absolute Gasteiger partial charge is 0.492 e. The van der Waals surface area contributed by atoms with Gasteiger partial charge in [0.1, 0.15) is 5.75 Å². The van der Waals surface area contributed by atoms with Crippen molar-refractivity contribution < 1.29 is 18.9 Å². The second-order valence-electron chi connectivity index (χ2n) is 2.56. The van der Waals surface area contributed by atoms with Crippen molar-refractivity contribution in [1.82, 2.24) is 0 Å². The molecule has 4 heteroatoms. The summed E-state index contributed by atoms with van der Waals surface area (Å²) in [6, 6.07) is 3.99. The molecule has 0 saturated carbocycles. The third-order valence-electron chi connectivity index (χ3n) is 1.59. The van der Waals surface area contributed by atoms with Gasteiger partial charge in [0.05, 0.1) is 6.61 Å². The van der Waals surface area contributed by atoms with Gasteiger partial charge in [0, 0.05) is 9.58 Å². The van der Waals surface area contributed by atoms with Crippen LogP contribution in [0.4, 0.5) is 0 Å². The summed E-state index contributed by atoms with van der Waals surface area (Å²) in [4.78, 5) is 0. The number of rotatable bonds is 3. The minimum atomic E-state index is -2.23. The lowest BCUT2D eigenvalue weighted by Crippen LogP contribution is -2.31. The molecule has 2 N–H and O–H groups in total. The maximum absolute atomic E-state index is 9.06. The van der Waals surface area contributed by atoms with Gasteiger partial charge in [-0.05, 0) is 25.4 Å². The van der Waals surface area contributed by atoms with Crippen LogP contribution in [0.3, 0.4) is 0 Å². The minimum absolute atomic E-state index is 0.111. The molecule has 0 spiro atoms. The zero-order valence-electron chi connectivity index (χ0n) is 10.3. The largest absolute Gasteiger partial charge is 0.494 e. The van der Waals surface area contributed by atoms with Crippen LogP contribution in [0.25, 0.3) is 0 Å². The Balaban J connectivity index is 3.17. The average molecular weight is 183 g/mol. The molecule has 1 rings (SSSR count). The van der Waals surface area contributed by atoms with Gasteiger partial charge < -0.3 is 14.8 Å². The Kier molecular flexibility index (Phi) is 2.14. The first kappa shape index (κ1) is 6.46. The van der Waals surface area contributed by atoms with Crippen LogP contribution >= 0.6 is 0 Å². The topological polar surface area (TPSA) is 49.7 Å². The van der Waals surface area contributed by atoms with Gasteiger partial charge in [0.25, 0.3) is 0 Å². The second kappa shape index (κ2) is 4.30. The zero-order valence-corrected chi connectivity index (χ0v) is 7.32. The molecule has 13 heavy (non-hydrogen) atoms. The summed E-state index contributed by atoms with van der Waals surface area (Å²) in [6.07, 6.45) is 0. The highest BCUT2D eigenvalue weighted by Gasteiger charge is 2.16. The molecule has 0 bridgehead atoms. The van der Waals surface area contributed by atoms with E-state index in [1.165, 1.54) is 18.2 Å². The number of hydrogen-bond donors (Lipinski definition) is 2. The highest BCUT2D eigenvalue weighted by atomic mass is 16.5. The summed E-state index contributed by atoms with van der Waals surface area (Å²) >= 11 is 0. The van der Waals surface area contributed by atoms with Crippen LogP contribution in [0.5, 0.6) is 5.75 Å². The Morgan fingerprint density at radius 1 is 1.54 bits per heavy atom. The summed E-state index contributed by atoms with van der Waals surface area (Å²) < 4.78 is 26.9. The normalized spacial score (nSPS) is 14.2. The highest BCUT2D eigenvalue weighted by Crippen LogP contribution is 2.10. The Labute approximate surface area is 82.3 Å². The summed E-state index contributed by atoms with van der Waals surface area (Å²) in [5.74, 6) is 0.186. The second-order valence-corrected chi connectivity index (χ2v) is 2.56. The monoisotopic (exact) mass is 183 g/mol. The SMILES string of the molecule is [2H]C([2H])([2H])c1ccc(B(O)O)c(OCC)c1. The first-order valence-electron chi connectivity index (χ1n) is 5.49. The van der Waals surface area contributed by atoms with Crippen LogP contribution < -0.4 is 10.2 Å². The van der Waals surface area contributed by atoms with Crippen LogP contribution in [-0.2, 0) is 0 Å². The fraction of sp³-hybridized carbons (Fsp3) is 0.333. The lowest BCUT2D eigenvalue weighted by molar-refractivity contribution is 0.339. The van der Waals surface area contributed by atoms with Crippen LogP contribution in [-0.4, -0.2) is 23.8 Å². The molecule has 0 aliphatic rings. The summed E-state index contributed by atoms with van der Waals surface area (Å²) in [5, 5.41) is 18.1. The Morgan fingerprint density at radius 2 is 2.31 bits per heavy atom. The van der Waals surface area contributed by atoms with Crippen molar-refractivity contribution in [1.29, 1.82) is 0 Å². The van der Waals surface area contributed by atoms with E-state index in [4.69, 9.17) is 18.9 Å². The Bertz CT molecular complexity index is 366. The number of hydrogen-bond acceptors (Lipinski definition) is 3. The maximum atomic E-state index is 9.06. The minimum Gasteiger partial charge on any atom is -0.494 e. The van der Waals surface area contributed by atoms with E-state index in [-0.39, 0.29) is 16.8 Å². The van der Waals surface area contributed by atoms with E-state index in [0.717, 1.165) is 0 Å². The Hall–Kier alpha value is -0.995.